The number of oxime groups is 1. The summed E-state index contributed by atoms with van der Waals surface area (Å²) in [4.78, 5) is 10.6. The largest absolute Gasteiger partial charge is 0.409 e. The van der Waals surface area contributed by atoms with Crippen LogP contribution >= 0.6 is 0 Å². The normalized spacial score (nSPS) is 11.5. The average Bonchev–Trinajstić information content (AvgIpc) is 2.37. The van der Waals surface area contributed by atoms with E-state index in [9.17, 15) is 0 Å². The second-order valence-corrected chi connectivity index (χ2v) is 3.71. The lowest BCUT2D eigenvalue weighted by molar-refractivity contribution is 0.318. The molecule has 0 amide bonds. The Bertz CT molecular complexity index is 374. The molecule has 0 aliphatic carbocycles. The zero-order valence-electron chi connectivity index (χ0n) is 10.3. The lowest BCUT2D eigenvalue weighted by atomic mass is 10.3. The molecule has 17 heavy (non-hydrogen) atoms. The van der Waals surface area contributed by atoms with Crippen molar-refractivity contribution in [1.82, 2.24) is 9.97 Å². The van der Waals surface area contributed by atoms with Crippen LogP contribution in [0, 0.1) is 0 Å². The summed E-state index contributed by atoms with van der Waals surface area (Å²) in [5.74, 6) is 0.624. The highest BCUT2D eigenvalue weighted by Gasteiger charge is 2.09. The summed E-state index contributed by atoms with van der Waals surface area (Å²) < 4.78 is 0. The van der Waals surface area contributed by atoms with Crippen molar-refractivity contribution in [3.8, 4) is 0 Å². The molecule has 0 radical (unpaired) electrons. The maximum absolute atomic E-state index is 8.61. The minimum Gasteiger partial charge on any atom is -0.409 e. The first kappa shape index (κ1) is 13.2. The summed E-state index contributed by atoms with van der Waals surface area (Å²) in [7, 11) is 0. The highest BCUT2D eigenvalue weighted by molar-refractivity contribution is 5.95. The fourth-order valence-corrected chi connectivity index (χ4v) is 1.55. The minimum atomic E-state index is 0.00148. The first-order valence-electron chi connectivity index (χ1n) is 5.78. The van der Waals surface area contributed by atoms with Gasteiger partial charge in [0, 0.05) is 19.3 Å². The molecule has 94 valence electrons. The van der Waals surface area contributed by atoms with E-state index in [1.54, 1.807) is 12.3 Å². The van der Waals surface area contributed by atoms with Crippen LogP contribution in [-0.2, 0) is 0 Å². The molecule has 0 aromatic carbocycles. The molecule has 6 heteroatoms. The van der Waals surface area contributed by atoms with E-state index in [1.165, 1.54) is 0 Å². The molecule has 0 fully saturated rings. The van der Waals surface area contributed by atoms with E-state index in [0.29, 0.717) is 11.6 Å². The van der Waals surface area contributed by atoms with Crippen molar-refractivity contribution >= 4 is 11.8 Å². The van der Waals surface area contributed by atoms with Crippen LogP contribution in [0.1, 0.15) is 32.4 Å². The predicted octanol–water partition coefficient (Wildman–Crippen LogP) is 1.20. The molecule has 0 atom stereocenters. The van der Waals surface area contributed by atoms with E-state index >= 15 is 0 Å². The molecule has 0 aliphatic heterocycles. The first-order valence-corrected chi connectivity index (χ1v) is 5.78. The van der Waals surface area contributed by atoms with Crippen molar-refractivity contribution in [3.63, 3.8) is 0 Å². The standard InChI is InChI=1S/C11H19N5O/c1-3-7-16(8-4-2)11-13-6-5-9(14-11)10(12)15-17/h5-6,17H,3-4,7-8H2,1-2H3,(H2,12,15). The van der Waals surface area contributed by atoms with Gasteiger partial charge >= 0.3 is 0 Å². The number of nitrogens with two attached hydrogens (primary N) is 1. The Balaban J connectivity index is 2.95. The first-order chi connectivity index (χ1) is 8.22. The molecule has 1 heterocycles. The van der Waals surface area contributed by atoms with Crippen LogP contribution in [0.5, 0.6) is 0 Å². The maximum atomic E-state index is 8.61. The van der Waals surface area contributed by atoms with Crippen LogP contribution < -0.4 is 10.6 Å². The smallest absolute Gasteiger partial charge is 0.225 e. The van der Waals surface area contributed by atoms with E-state index in [-0.39, 0.29) is 5.84 Å². The van der Waals surface area contributed by atoms with Gasteiger partial charge in [-0.3, -0.25) is 0 Å². The Hall–Kier alpha value is -1.85. The third kappa shape index (κ3) is 3.58. The van der Waals surface area contributed by atoms with E-state index in [2.05, 4.69) is 33.9 Å². The molecule has 6 nitrogen and oxygen atoms in total. The lowest BCUT2D eigenvalue weighted by Gasteiger charge is -2.21. The number of hydrogen-bond donors (Lipinski definition) is 2. The molecule has 3 N–H and O–H groups in total. The van der Waals surface area contributed by atoms with Crippen LogP contribution in [0.15, 0.2) is 17.4 Å². The third-order valence-corrected chi connectivity index (χ3v) is 2.28. The Labute approximate surface area is 101 Å². The fraction of sp³-hybridized carbons (Fsp3) is 0.545. The minimum absolute atomic E-state index is 0.00148. The van der Waals surface area contributed by atoms with Crippen LogP contribution in [0.3, 0.4) is 0 Å². The molecule has 0 unspecified atom stereocenters. The monoisotopic (exact) mass is 237 g/mol. The van der Waals surface area contributed by atoms with Crippen LogP contribution in [-0.4, -0.2) is 34.1 Å². The number of anilines is 1. The SMILES string of the molecule is CCCN(CCC)c1nccc(/C(N)=N/O)n1. The van der Waals surface area contributed by atoms with E-state index in [4.69, 9.17) is 10.9 Å². The number of aromatic nitrogens is 2. The quantitative estimate of drug-likeness (QED) is 0.336. The summed E-state index contributed by atoms with van der Waals surface area (Å²) in [6, 6.07) is 1.62. The van der Waals surface area contributed by atoms with E-state index in [1.807, 2.05) is 0 Å². The van der Waals surface area contributed by atoms with Crippen molar-refractivity contribution in [2.24, 2.45) is 10.9 Å². The number of amidine groups is 1. The second-order valence-electron chi connectivity index (χ2n) is 3.71. The average molecular weight is 237 g/mol. The summed E-state index contributed by atoms with van der Waals surface area (Å²) in [6.45, 7) is 6.01. The van der Waals surface area contributed by atoms with Crippen LogP contribution in [0.4, 0.5) is 5.95 Å². The van der Waals surface area contributed by atoms with Crippen molar-refractivity contribution in [3.05, 3.63) is 18.0 Å². The van der Waals surface area contributed by atoms with Crippen molar-refractivity contribution in [2.75, 3.05) is 18.0 Å². The number of hydrogen-bond acceptors (Lipinski definition) is 5. The summed E-state index contributed by atoms with van der Waals surface area (Å²) in [5.41, 5.74) is 5.94. The zero-order chi connectivity index (χ0) is 12.7. The molecular formula is C11H19N5O. The van der Waals surface area contributed by atoms with Gasteiger partial charge in [0.05, 0.1) is 0 Å². The van der Waals surface area contributed by atoms with Crippen molar-refractivity contribution in [1.29, 1.82) is 0 Å². The second kappa shape index (κ2) is 6.67. The van der Waals surface area contributed by atoms with Gasteiger partial charge in [0.15, 0.2) is 5.84 Å². The van der Waals surface area contributed by atoms with Crippen molar-refractivity contribution < 1.29 is 5.21 Å². The molecular weight excluding hydrogens is 218 g/mol. The van der Waals surface area contributed by atoms with E-state index < -0.39 is 0 Å². The van der Waals surface area contributed by atoms with E-state index in [0.717, 1.165) is 25.9 Å². The van der Waals surface area contributed by atoms with Gasteiger partial charge in [-0.15, -0.1) is 0 Å². The summed E-state index contributed by atoms with van der Waals surface area (Å²) in [5, 5.41) is 11.6. The lowest BCUT2D eigenvalue weighted by Crippen LogP contribution is -2.28. The topological polar surface area (TPSA) is 87.6 Å². The molecule has 0 aliphatic rings. The Kier molecular flexibility index (Phi) is 5.19. The zero-order valence-corrected chi connectivity index (χ0v) is 10.3. The van der Waals surface area contributed by atoms with Gasteiger partial charge in [0.2, 0.25) is 5.95 Å². The molecule has 1 aromatic rings. The Morgan fingerprint density at radius 3 is 2.59 bits per heavy atom. The highest BCUT2D eigenvalue weighted by Crippen LogP contribution is 2.09. The number of rotatable bonds is 6. The highest BCUT2D eigenvalue weighted by atomic mass is 16.4. The maximum Gasteiger partial charge on any atom is 0.225 e. The third-order valence-electron chi connectivity index (χ3n) is 2.28. The van der Waals surface area contributed by atoms with Gasteiger partial charge in [0.25, 0.3) is 0 Å². The molecule has 1 aromatic heterocycles. The van der Waals surface area contributed by atoms with Crippen LogP contribution in [0.2, 0.25) is 0 Å². The van der Waals surface area contributed by atoms with Gasteiger partial charge in [-0.25, -0.2) is 9.97 Å². The number of nitrogens with zero attached hydrogens (tertiary/aromatic N) is 4. The van der Waals surface area contributed by atoms with Gasteiger partial charge < -0.3 is 15.8 Å². The summed E-state index contributed by atoms with van der Waals surface area (Å²) in [6.07, 6.45) is 3.67. The predicted molar refractivity (Wildman–Crippen MR) is 67.3 cm³/mol. The molecule has 1 rings (SSSR count). The fourth-order valence-electron chi connectivity index (χ4n) is 1.55. The van der Waals surface area contributed by atoms with Crippen molar-refractivity contribution in [2.45, 2.75) is 26.7 Å². The van der Waals surface area contributed by atoms with Gasteiger partial charge in [-0.05, 0) is 18.9 Å². The Morgan fingerprint density at radius 2 is 2.06 bits per heavy atom. The van der Waals surface area contributed by atoms with Crippen LogP contribution in [0.25, 0.3) is 0 Å². The van der Waals surface area contributed by atoms with Gasteiger partial charge in [0.1, 0.15) is 5.69 Å². The van der Waals surface area contributed by atoms with Gasteiger partial charge in [-0.1, -0.05) is 19.0 Å². The Morgan fingerprint density at radius 1 is 1.41 bits per heavy atom. The summed E-state index contributed by atoms with van der Waals surface area (Å²) >= 11 is 0. The van der Waals surface area contributed by atoms with Gasteiger partial charge in [-0.2, -0.15) is 0 Å². The molecule has 0 bridgehead atoms. The molecule has 0 spiro atoms. The molecule has 0 saturated heterocycles. The molecule has 0 saturated carbocycles.